The van der Waals surface area contributed by atoms with Crippen LogP contribution in [-0.4, -0.2) is 26.0 Å². The van der Waals surface area contributed by atoms with Crippen molar-refractivity contribution < 1.29 is 9.21 Å². The zero-order valence-electron chi connectivity index (χ0n) is 14.2. The Kier molecular flexibility index (Phi) is 4.80. The highest BCUT2D eigenvalue weighted by atomic mass is 32.2. The zero-order valence-corrected chi connectivity index (χ0v) is 15.0. The second-order valence-corrected chi connectivity index (χ2v) is 6.98. The molecule has 1 amide bonds. The van der Waals surface area contributed by atoms with Crippen LogP contribution in [0.2, 0.25) is 0 Å². The molecule has 0 aliphatic rings. The topological polar surface area (TPSA) is 99.0 Å². The van der Waals surface area contributed by atoms with Gasteiger partial charge >= 0.3 is 0 Å². The molecule has 0 saturated carbocycles. The van der Waals surface area contributed by atoms with Gasteiger partial charge in [-0.15, -0.1) is 10.2 Å². The predicted molar refractivity (Wildman–Crippen MR) is 97.7 cm³/mol. The van der Waals surface area contributed by atoms with Crippen molar-refractivity contribution in [1.82, 2.24) is 14.9 Å². The Labute approximate surface area is 149 Å². The quantitative estimate of drug-likeness (QED) is 0.538. The van der Waals surface area contributed by atoms with E-state index in [1.165, 1.54) is 22.7 Å². The number of furan rings is 1. The lowest BCUT2D eigenvalue weighted by Gasteiger charge is -2.15. The van der Waals surface area contributed by atoms with Gasteiger partial charge in [0.1, 0.15) is 0 Å². The molecular formula is C17H19N5O2S. The lowest BCUT2D eigenvalue weighted by Crippen LogP contribution is -2.24. The number of carbonyl (C=O) groups is 1. The van der Waals surface area contributed by atoms with Crippen molar-refractivity contribution in [3.05, 3.63) is 47.7 Å². The smallest absolute Gasteiger partial charge is 0.237 e. The summed E-state index contributed by atoms with van der Waals surface area (Å²) in [6.07, 6.45) is 1.54. The lowest BCUT2D eigenvalue weighted by molar-refractivity contribution is -0.115. The number of nitrogens with one attached hydrogen (secondary N) is 1. The molecule has 3 aromatic rings. The summed E-state index contributed by atoms with van der Waals surface area (Å²) in [6.45, 7) is 5.73. The van der Waals surface area contributed by atoms with Gasteiger partial charge in [0.2, 0.25) is 16.9 Å². The van der Waals surface area contributed by atoms with E-state index < -0.39 is 5.25 Å². The first kappa shape index (κ1) is 17.1. The number of hydrogen-bond acceptors (Lipinski definition) is 6. The van der Waals surface area contributed by atoms with Crippen LogP contribution in [0.5, 0.6) is 0 Å². The fraction of sp³-hybridized carbons (Fsp3) is 0.235. The summed E-state index contributed by atoms with van der Waals surface area (Å²) in [5, 5.41) is 11.1. The maximum atomic E-state index is 12.5. The fourth-order valence-electron chi connectivity index (χ4n) is 2.38. The van der Waals surface area contributed by atoms with Crippen molar-refractivity contribution >= 4 is 23.4 Å². The first-order valence-electron chi connectivity index (χ1n) is 7.75. The maximum Gasteiger partial charge on any atom is 0.237 e. The lowest BCUT2D eigenvalue weighted by atomic mass is 10.1. The molecule has 8 heteroatoms. The summed E-state index contributed by atoms with van der Waals surface area (Å²) in [5.41, 5.74) is 2.88. The van der Waals surface area contributed by atoms with E-state index in [9.17, 15) is 4.79 Å². The number of rotatable bonds is 5. The van der Waals surface area contributed by atoms with Crippen LogP contribution in [0.25, 0.3) is 11.6 Å². The van der Waals surface area contributed by atoms with Crippen molar-refractivity contribution in [3.63, 3.8) is 0 Å². The second-order valence-electron chi connectivity index (χ2n) is 5.67. The summed E-state index contributed by atoms with van der Waals surface area (Å²) in [5.74, 6) is 6.84. The van der Waals surface area contributed by atoms with Gasteiger partial charge < -0.3 is 15.6 Å². The number of para-hydroxylation sites is 1. The number of nitrogens with zero attached hydrogens (tertiary/aromatic N) is 3. The van der Waals surface area contributed by atoms with Crippen LogP contribution in [0, 0.1) is 13.8 Å². The van der Waals surface area contributed by atoms with Gasteiger partial charge in [0.05, 0.1) is 11.5 Å². The Balaban J connectivity index is 1.72. The number of carbonyl (C=O) groups excluding carboxylic acids is 1. The molecular weight excluding hydrogens is 338 g/mol. The molecule has 0 spiro atoms. The average Bonchev–Trinajstić information content (AvgIpc) is 3.21. The molecule has 0 fully saturated rings. The molecule has 3 rings (SSSR count). The number of aromatic nitrogens is 3. The van der Waals surface area contributed by atoms with E-state index in [1.54, 1.807) is 19.1 Å². The molecule has 25 heavy (non-hydrogen) atoms. The van der Waals surface area contributed by atoms with E-state index in [-0.39, 0.29) is 5.91 Å². The maximum absolute atomic E-state index is 12.5. The minimum absolute atomic E-state index is 0.120. The number of nitrogen functional groups attached to an aromatic ring is 1. The number of aryl methyl sites for hydroxylation is 2. The third kappa shape index (κ3) is 3.53. The van der Waals surface area contributed by atoms with Crippen molar-refractivity contribution in [2.45, 2.75) is 31.2 Å². The third-order valence-corrected chi connectivity index (χ3v) is 4.84. The van der Waals surface area contributed by atoms with Gasteiger partial charge in [-0.3, -0.25) is 4.79 Å². The van der Waals surface area contributed by atoms with Gasteiger partial charge in [0.25, 0.3) is 0 Å². The minimum atomic E-state index is -0.394. The zero-order chi connectivity index (χ0) is 18.0. The molecule has 7 nitrogen and oxygen atoms in total. The molecule has 1 aromatic carbocycles. The number of amides is 1. The van der Waals surface area contributed by atoms with E-state index in [4.69, 9.17) is 10.3 Å². The van der Waals surface area contributed by atoms with Crippen LogP contribution in [0.1, 0.15) is 18.1 Å². The van der Waals surface area contributed by atoms with E-state index in [0.29, 0.717) is 16.7 Å². The summed E-state index contributed by atoms with van der Waals surface area (Å²) < 4.78 is 6.61. The number of anilines is 1. The number of hydrogen-bond donors (Lipinski definition) is 2. The molecule has 0 aliphatic carbocycles. The first-order chi connectivity index (χ1) is 12.0. The second kappa shape index (κ2) is 7.02. The van der Waals surface area contributed by atoms with Crippen LogP contribution >= 0.6 is 11.8 Å². The fourth-order valence-corrected chi connectivity index (χ4v) is 3.15. The molecule has 0 radical (unpaired) electrons. The molecule has 1 atom stereocenters. The van der Waals surface area contributed by atoms with E-state index >= 15 is 0 Å². The Morgan fingerprint density at radius 3 is 2.60 bits per heavy atom. The highest BCUT2D eigenvalue weighted by Crippen LogP contribution is 2.26. The number of nitrogens with two attached hydrogens (primary N) is 1. The van der Waals surface area contributed by atoms with Gasteiger partial charge in [-0.25, -0.2) is 4.68 Å². The first-order valence-corrected chi connectivity index (χ1v) is 8.63. The van der Waals surface area contributed by atoms with Crippen molar-refractivity contribution in [1.29, 1.82) is 0 Å². The van der Waals surface area contributed by atoms with Crippen LogP contribution in [0.4, 0.5) is 5.69 Å². The summed E-state index contributed by atoms with van der Waals surface area (Å²) >= 11 is 1.24. The Morgan fingerprint density at radius 1 is 1.24 bits per heavy atom. The molecule has 2 aromatic heterocycles. The van der Waals surface area contributed by atoms with Crippen molar-refractivity contribution in [2.24, 2.45) is 0 Å². The average molecular weight is 357 g/mol. The summed E-state index contributed by atoms with van der Waals surface area (Å²) in [6, 6.07) is 9.39. The SMILES string of the molecule is Cc1cccc(C)c1NC(=O)[C@H](C)Sc1nnc(-c2ccco2)n1N. The standard InChI is InChI=1S/C17H19N5O2S/c1-10-6-4-7-11(2)14(10)19-16(23)12(3)25-17-21-20-15(22(17)18)13-8-5-9-24-13/h4-9,12H,18H2,1-3H3,(H,19,23)/t12-/m0/s1. The molecule has 0 bridgehead atoms. The van der Waals surface area contributed by atoms with Crippen LogP contribution in [0.15, 0.2) is 46.2 Å². The molecule has 3 N–H and O–H groups in total. The Hall–Kier alpha value is -2.74. The minimum Gasteiger partial charge on any atom is -0.461 e. The Bertz CT molecular complexity index is 868. The molecule has 130 valence electrons. The van der Waals surface area contributed by atoms with Gasteiger partial charge in [0, 0.05) is 5.69 Å². The van der Waals surface area contributed by atoms with E-state index in [1.807, 2.05) is 32.0 Å². The summed E-state index contributed by atoms with van der Waals surface area (Å²) in [7, 11) is 0. The molecule has 0 aliphatic heterocycles. The largest absolute Gasteiger partial charge is 0.461 e. The van der Waals surface area contributed by atoms with Crippen molar-refractivity contribution in [2.75, 3.05) is 11.2 Å². The van der Waals surface area contributed by atoms with Gasteiger partial charge in [-0.1, -0.05) is 30.0 Å². The third-order valence-electron chi connectivity index (χ3n) is 3.79. The van der Waals surface area contributed by atoms with Crippen LogP contribution in [-0.2, 0) is 4.79 Å². The van der Waals surface area contributed by atoms with Crippen LogP contribution < -0.4 is 11.2 Å². The molecule has 0 unspecified atom stereocenters. The summed E-state index contributed by atoms with van der Waals surface area (Å²) in [4.78, 5) is 12.5. The van der Waals surface area contributed by atoms with Gasteiger partial charge in [-0.2, -0.15) is 0 Å². The van der Waals surface area contributed by atoms with E-state index in [0.717, 1.165) is 16.8 Å². The molecule has 2 heterocycles. The normalized spacial score (nSPS) is 12.1. The Morgan fingerprint density at radius 2 is 1.96 bits per heavy atom. The molecule has 0 saturated heterocycles. The number of benzene rings is 1. The van der Waals surface area contributed by atoms with Gasteiger partial charge in [-0.05, 0) is 44.0 Å². The highest BCUT2D eigenvalue weighted by Gasteiger charge is 2.21. The van der Waals surface area contributed by atoms with E-state index in [2.05, 4.69) is 15.5 Å². The van der Waals surface area contributed by atoms with Crippen molar-refractivity contribution in [3.8, 4) is 11.6 Å². The van der Waals surface area contributed by atoms with Crippen LogP contribution in [0.3, 0.4) is 0 Å². The monoisotopic (exact) mass is 357 g/mol. The highest BCUT2D eigenvalue weighted by molar-refractivity contribution is 8.00. The number of thioether (sulfide) groups is 1. The predicted octanol–water partition coefficient (Wildman–Crippen LogP) is 2.99. The van der Waals surface area contributed by atoms with Gasteiger partial charge in [0.15, 0.2) is 5.76 Å².